The molecule has 2 aromatic heterocycles. The summed E-state index contributed by atoms with van der Waals surface area (Å²) in [7, 11) is 0. The largest absolute Gasteiger partial charge is 0.466 e. The molecule has 0 radical (unpaired) electrons. The number of ether oxygens (including phenoxy) is 1. The Labute approximate surface area is 187 Å². The number of aromatic nitrogens is 4. The first-order valence-electron chi connectivity index (χ1n) is 9.22. The number of thiazole rings is 1. The molecule has 0 spiro atoms. The minimum absolute atomic E-state index is 0.0842. The standard InChI is InChI=1S/C19H20ClN5O3S2/c1-3-25-17(12-6-5-7-13(20)8-12)23-24-19(25)30-11-15(26)22-18-21-14(10-29-18)9-16(27)28-4-2/h5-8,10H,3-4,9,11H2,1-2H3,(H,21,22,26). The molecule has 0 aliphatic rings. The van der Waals surface area contributed by atoms with Crippen LogP contribution in [0, 0.1) is 0 Å². The summed E-state index contributed by atoms with van der Waals surface area (Å²) in [5, 5.41) is 14.6. The summed E-state index contributed by atoms with van der Waals surface area (Å²) in [6, 6.07) is 7.40. The molecule has 158 valence electrons. The summed E-state index contributed by atoms with van der Waals surface area (Å²) in [5.41, 5.74) is 1.43. The van der Waals surface area contributed by atoms with Crippen LogP contribution in [0.5, 0.6) is 0 Å². The lowest BCUT2D eigenvalue weighted by Crippen LogP contribution is -2.15. The van der Waals surface area contributed by atoms with Crippen molar-refractivity contribution in [3.63, 3.8) is 0 Å². The summed E-state index contributed by atoms with van der Waals surface area (Å²) >= 11 is 8.63. The van der Waals surface area contributed by atoms with Crippen LogP contribution >= 0.6 is 34.7 Å². The summed E-state index contributed by atoms with van der Waals surface area (Å²) in [6.45, 7) is 4.72. The maximum Gasteiger partial charge on any atom is 0.311 e. The number of anilines is 1. The van der Waals surface area contributed by atoms with E-state index in [0.717, 1.165) is 5.56 Å². The van der Waals surface area contributed by atoms with Crippen LogP contribution in [0.1, 0.15) is 19.5 Å². The Kier molecular flexibility index (Phi) is 7.83. The number of carbonyl (C=O) groups excluding carboxylic acids is 2. The zero-order valence-corrected chi connectivity index (χ0v) is 18.8. The van der Waals surface area contributed by atoms with E-state index in [1.165, 1.54) is 23.1 Å². The second kappa shape index (κ2) is 10.6. The summed E-state index contributed by atoms with van der Waals surface area (Å²) in [6.07, 6.45) is 0.0842. The van der Waals surface area contributed by atoms with E-state index in [-0.39, 0.29) is 24.1 Å². The van der Waals surface area contributed by atoms with Gasteiger partial charge in [0.05, 0.1) is 24.5 Å². The quantitative estimate of drug-likeness (QED) is 0.377. The molecule has 0 fully saturated rings. The lowest BCUT2D eigenvalue weighted by atomic mass is 10.2. The van der Waals surface area contributed by atoms with E-state index in [1.54, 1.807) is 18.4 Å². The summed E-state index contributed by atoms with van der Waals surface area (Å²) in [5.74, 6) is 0.296. The molecule has 2 heterocycles. The lowest BCUT2D eigenvalue weighted by Gasteiger charge is -2.07. The number of hydrogen-bond donors (Lipinski definition) is 1. The molecule has 0 aliphatic heterocycles. The van der Waals surface area contributed by atoms with Crippen LogP contribution in [0.4, 0.5) is 5.13 Å². The second-order valence-electron chi connectivity index (χ2n) is 6.02. The zero-order valence-electron chi connectivity index (χ0n) is 16.4. The number of amides is 1. The molecule has 3 aromatic rings. The van der Waals surface area contributed by atoms with Crippen molar-refractivity contribution in [3.8, 4) is 11.4 Å². The van der Waals surface area contributed by atoms with Gasteiger partial charge in [-0.15, -0.1) is 21.5 Å². The molecule has 0 atom stereocenters. The SMILES string of the molecule is CCOC(=O)Cc1csc(NC(=O)CSc2nnc(-c3cccc(Cl)c3)n2CC)n1. The average molecular weight is 466 g/mol. The minimum atomic E-state index is -0.342. The van der Waals surface area contributed by atoms with E-state index >= 15 is 0 Å². The number of carbonyl (C=O) groups is 2. The molecule has 0 bridgehead atoms. The lowest BCUT2D eigenvalue weighted by molar-refractivity contribution is -0.142. The number of esters is 1. The highest BCUT2D eigenvalue weighted by Gasteiger charge is 2.16. The molecule has 11 heteroatoms. The van der Waals surface area contributed by atoms with Gasteiger partial charge in [0, 0.05) is 22.5 Å². The maximum absolute atomic E-state index is 12.3. The van der Waals surface area contributed by atoms with E-state index in [9.17, 15) is 9.59 Å². The molecule has 0 saturated carbocycles. The van der Waals surface area contributed by atoms with Gasteiger partial charge >= 0.3 is 5.97 Å². The Morgan fingerprint density at radius 1 is 1.30 bits per heavy atom. The van der Waals surface area contributed by atoms with Gasteiger partial charge in [-0.3, -0.25) is 9.59 Å². The molecule has 0 aliphatic carbocycles. The fourth-order valence-corrected chi connectivity index (χ4v) is 4.33. The molecule has 1 amide bonds. The predicted octanol–water partition coefficient (Wildman–Crippen LogP) is 3.91. The van der Waals surface area contributed by atoms with E-state index in [0.29, 0.717) is 40.0 Å². The number of halogens is 1. The molecule has 0 saturated heterocycles. The molecule has 30 heavy (non-hydrogen) atoms. The third-order valence-corrected chi connectivity index (χ3v) is 5.89. The Bertz CT molecular complexity index is 1040. The second-order valence-corrected chi connectivity index (χ2v) is 8.26. The third-order valence-electron chi connectivity index (χ3n) is 3.88. The van der Waals surface area contributed by atoms with Crippen molar-refractivity contribution in [2.24, 2.45) is 0 Å². The van der Waals surface area contributed by atoms with Crippen LogP contribution in [0.15, 0.2) is 34.8 Å². The van der Waals surface area contributed by atoms with E-state index in [4.69, 9.17) is 16.3 Å². The number of nitrogens with zero attached hydrogens (tertiary/aromatic N) is 4. The van der Waals surface area contributed by atoms with Crippen molar-refractivity contribution >= 4 is 51.7 Å². The van der Waals surface area contributed by atoms with Gasteiger partial charge in [-0.1, -0.05) is 35.5 Å². The average Bonchev–Trinajstić information content (AvgIpc) is 3.32. The van der Waals surface area contributed by atoms with Gasteiger partial charge in [-0.2, -0.15) is 0 Å². The Morgan fingerprint density at radius 3 is 2.87 bits per heavy atom. The van der Waals surface area contributed by atoms with Gasteiger partial charge in [-0.25, -0.2) is 4.98 Å². The van der Waals surface area contributed by atoms with Crippen molar-refractivity contribution in [2.45, 2.75) is 32.0 Å². The van der Waals surface area contributed by atoms with Crippen LogP contribution < -0.4 is 5.32 Å². The maximum atomic E-state index is 12.3. The van der Waals surface area contributed by atoms with Crippen LogP contribution in [0.2, 0.25) is 5.02 Å². The van der Waals surface area contributed by atoms with Crippen LogP contribution in [0.25, 0.3) is 11.4 Å². The van der Waals surface area contributed by atoms with Crippen molar-refractivity contribution in [3.05, 3.63) is 40.4 Å². The molecule has 1 aromatic carbocycles. The van der Waals surface area contributed by atoms with E-state index in [1.807, 2.05) is 29.7 Å². The third kappa shape index (κ3) is 5.80. The summed E-state index contributed by atoms with van der Waals surface area (Å²) in [4.78, 5) is 28.1. The normalized spacial score (nSPS) is 10.8. The van der Waals surface area contributed by atoms with E-state index < -0.39 is 0 Å². The van der Waals surface area contributed by atoms with Gasteiger partial charge < -0.3 is 14.6 Å². The van der Waals surface area contributed by atoms with Crippen molar-refractivity contribution in [1.82, 2.24) is 19.7 Å². The number of benzene rings is 1. The van der Waals surface area contributed by atoms with Gasteiger partial charge in [0.15, 0.2) is 16.1 Å². The van der Waals surface area contributed by atoms with Gasteiger partial charge in [0.2, 0.25) is 5.91 Å². The molecule has 1 N–H and O–H groups in total. The highest BCUT2D eigenvalue weighted by Crippen LogP contribution is 2.26. The van der Waals surface area contributed by atoms with Crippen LogP contribution in [0.3, 0.4) is 0 Å². The number of nitrogens with one attached hydrogen (secondary N) is 1. The first kappa shape index (κ1) is 22.3. The number of rotatable bonds is 9. The number of thioether (sulfide) groups is 1. The van der Waals surface area contributed by atoms with Crippen molar-refractivity contribution in [2.75, 3.05) is 17.7 Å². The highest BCUT2D eigenvalue weighted by molar-refractivity contribution is 7.99. The Hall–Kier alpha value is -2.43. The van der Waals surface area contributed by atoms with Crippen LogP contribution in [-0.2, 0) is 27.3 Å². The fourth-order valence-electron chi connectivity index (χ4n) is 2.61. The minimum Gasteiger partial charge on any atom is -0.466 e. The molecule has 8 nitrogen and oxygen atoms in total. The van der Waals surface area contributed by atoms with E-state index in [2.05, 4.69) is 20.5 Å². The van der Waals surface area contributed by atoms with Gasteiger partial charge in [-0.05, 0) is 26.0 Å². The smallest absolute Gasteiger partial charge is 0.311 e. The first-order valence-corrected chi connectivity index (χ1v) is 11.5. The summed E-state index contributed by atoms with van der Waals surface area (Å²) < 4.78 is 6.83. The Morgan fingerprint density at radius 2 is 2.13 bits per heavy atom. The zero-order chi connectivity index (χ0) is 21.5. The van der Waals surface area contributed by atoms with Crippen LogP contribution in [-0.4, -0.2) is 44.0 Å². The topological polar surface area (TPSA) is 99.0 Å². The van der Waals surface area contributed by atoms with Crippen molar-refractivity contribution in [1.29, 1.82) is 0 Å². The monoisotopic (exact) mass is 465 g/mol. The molecule has 3 rings (SSSR count). The highest BCUT2D eigenvalue weighted by atomic mass is 35.5. The predicted molar refractivity (Wildman–Crippen MR) is 118 cm³/mol. The first-order chi connectivity index (χ1) is 14.5. The number of hydrogen-bond acceptors (Lipinski definition) is 8. The molecular formula is C19H20ClN5O3S2. The Balaban J connectivity index is 1.59. The molecule has 0 unspecified atom stereocenters. The van der Waals surface area contributed by atoms with Gasteiger partial charge in [0.1, 0.15) is 0 Å². The molecular weight excluding hydrogens is 446 g/mol. The van der Waals surface area contributed by atoms with Gasteiger partial charge in [0.25, 0.3) is 0 Å². The van der Waals surface area contributed by atoms with Crippen molar-refractivity contribution < 1.29 is 14.3 Å². The fraction of sp³-hybridized carbons (Fsp3) is 0.316.